The van der Waals surface area contributed by atoms with Gasteiger partial charge in [0.2, 0.25) is 11.1 Å². The van der Waals surface area contributed by atoms with Crippen LogP contribution in [0.3, 0.4) is 0 Å². The Morgan fingerprint density at radius 3 is 2.95 bits per heavy atom. The second-order valence-corrected chi connectivity index (χ2v) is 5.86. The van der Waals surface area contributed by atoms with Gasteiger partial charge in [0, 0.05) is 23.7 Å². The van der Waals surface area contributed by atoms with Gasteiger partial charge in [0.1, 0.15) is 5.82 Å². The number of rotatable bonds is 4. The zero-order valence-electron chi connectivity index (χ0n) is 10.7. The number of carbonyl (C=O) groups is 1. The van der Waals surface area contributed by atoms with E-state index in [1.807, 2.05) is 4.68 Å². The van der Waals surface area contributed by atoms with E-state index in [1.54, 1.807) is 24.3 Å². The van der Waals surface area contributed by atoms with Crippen molar-refractivity contribution in [3.8, 4) is 0 Å². The van der Waals surface area contributed by atoms with Gasteiger partial charge in [-0.25, -0.2) is 9.67 Å². The smallest absolute Gasteiger partial charge is 0.234 e. The van der Waals surface area contributed by atoms with Crippen molar-refractivity contribution in [1.29, 1.82) is 0 Å². The van der Waals surface area contributed by atoms with Gasteiger partial charge in [0.15, 0.2) is 0 Å². The second kappa shape index (κ2) is 5.85. The highest BCUT2D eigenvalue weighted by atomic mass is 35.5. The van der Waals surface area contributed by atoms with Gasteiger partial charge in [-0.1, -0.05) is 23.4 Å². The van der Waals surface area contributed by atoms with E-state index in [-0.39, 0.29) is 5.91 Å². The quantitative estimate of drug-likeness (QED) is 0.882. The van der Waals surface area contributed by atoms with Gasteiger partial charge >= 0.3 is 0 Å². The molecule has 2 heterocycles. The van der Waals surface area contributed by atoms with E-state index in [4.69, 9.17) is 11.6 Å². The first-order chi connectivity index (χ1) is 9.70. The minimum atomic E-state index is -0.0766. The van der Waals surface area contributed by atoms with Crippen LogP contribution in [-0.2, 0) is 17.8 Å². The summed E-state index contributed by atoms with van der Waals surface area (Å²) in [5.74, 6) is 1.24. The van der Waals surface area contributed by atoms with Crippen LogP contribution in [0.1, 0.15) is 12.2 Å². The molecule has 3 rings (SSSR count). The summed E-state index contributed by atoms with van der Waals surface area (Å²) in [7, 11) is 0. The highest BCUT2D eigenvalue weighted by Crippen LogP contribution is 2.19. The summed E-state index contributed by atoms with van der Waals surface area (Å²) in [6.45, 7) is 0.930. The molecule has 1 N–H and O–H groups in total. The fourth-order valence-electron chi connectivity index (χ4n) is 2.02. The standard InChI is InChI=1S/C13H13ClN4OS/c14-9-3-5-10(6-4-9)15-12(19)8-20-13-16-11-2-1-7-18(11)17-13/h3-6H,1-2,7-8H2,(H,15,19). The summed E-state index contributed by atoms with van der Waals surface area (Å²) in [6, 6.07) is 7.03. The maximum absolute atomic E-state index is 11.8. The molecule has 0 aliphatic carbocycles. The van der Waals surface area contributed by atoms with Crippen LogP contribution in [0, 0.1) is 0 Å². The van der Waals surface area contributed by atoms with Gasteiger partial charge < -0.3 is 5.32 Å². The van der Waals surface area contributed by atoms with Crippen molar-refractivity contribution < 1.29 is 4.79 Å². The van der Waals surface area contributed by atoms with Crippen molar-refractivity contribution in [3.63, 3.8) is 0 Å². The van der Waals surface area contributed by atoms with E-state index in [0.717, 1.165) is 30.9 Å². The van der Waals surface area contributed by atoms with Crippen LogP contribution in [0.5, 0.6) is 0 Å². The Kier molecular flexibility index (Phi) is 3.93. The fraction of sp³-hybridized carbons (Fsp3) is 0.308. The number of nitrogens with one attached hydrogen (secondary N) is 1. The summed E-state index contributed by atoms with van der Waals surface area (Å²) < 4.78 is 1.92. The van der Waals surface area contributed by atoms with Gasteiger partial charge in [-0.2, -0.15) is 0 Å². The summed E-state index contributed by atoms with van der Waals surface area (Å²) in [5, 5.41) is 8.48. The Hall–Kier alpha value is -1.53. The van der Waals surface area contributed by atoms with Crippen molar-refractivity contribution >= 4 is 35.0 Å². The van der Waals surface area contributed by atoms with Crippen molar-refractivity contribution in [2.24, 2.45) is 0 Å². The Labute approximate surface area is 125 Å². The number of anilines is 1. The minimum absolute atomic E-state index is 0.0766. The Balaban J connectivity index is 1.52. The molecule has 1 amide bonds. The highest BCUT2D eigenvalue weighted by Gasteiger charge is 2.16. The number of nitrogens with zero attached hydrogens (tertiary/aromatic N) is 3. The normalized spacial score (nSPS) is 13.2. The first-order valence-corrected chi connectivity index (χ1v) is 7.69. The molecule has 0 atom stereocenters. The highest BCUT2D eigenvalue weighted by molar-refractivity contribution is 7.99. The molecule has 7 heteroatoms. The third kappa shape index (κ3) is 3.13. The average Bonchev–Trinajstić information content (AvgIpc) is 3.00. The Bertz CT molecular complexity index is 604. The lowest BCUT2D eigenvalue weighted by Crippen LogP contribution is -2.14. The van der Waals surface area contributed by atoms with E-state index in [0.29, 0.717) is 15.9 Å². The molecule has 0 fully saturated rings. The Morgan fingerprint density at radius 2 is 2.20 bits per heavy atom. The molecule has 1 aromatic carbocycles. The fourth-order valence-corrected chi connectivity index (χ4v) is 2.81. The number of halogens is 1. The SMILES string of the molecule is O=C(CSc1nc2n(n1)CCC2)Nc1ccc(Cl)cc1. The Morgan fingerprint density at radius 1 is 1.40 bits per heavy atom. The topological polar surface area (TPSA) is 59.8 Å². The summed E-state index contributed by atoms with van der Waals surface area (Å²) in [6.07, 6.45) is 2.09. The van der Waals surface area contributed by atoms with Crippen LogP contribution >= 0.6 is 23.4 Å². The lowest BCUT2D eigenvalue weighted by Gasteiger charge is -2.03. The molecular formula is C13H13ClN4OS. The van der Waals surface area contributed by atoms with Crippen LogP contribution in [0.2, 0.25) is 5.02 Å². The molecule has 5 nitrogen and oxygen atoms in total. The van der Waals surface area contributed by atoms with Gasteiger partial charge in [0.25, 0.3) is 0 Å². The molecule has 1 aliphatic rings. The van der Waals surface area contributed by atoms with E-state index < -0.39 is 0 Å². The number of aryl methyl sites for hydroxylation is 2. The van der Waals surface area contributed by atoms with Crippen molar-refractivity contribution in [2.75, 3.05) is 11.1 Å². The number of carbonyl (C=O) groups excluding carboxylic acids is 1. The number of fused-ring (bicyclic) bond motifs is 1. The maximum atomic E-state index is 11.8. The van der Waals surface area contributed by atoms with Crippen molar-refractivity contribution in [1.82, 2.24) is 14.8 Å². The van der Waals surface area contributed by atoms with Crippen LogP contribution in [0.25, 0.3) is 0 Å². The van der Waals surface area contributed by atoms with Gasteiger partial charge in [0.05, 0.1) is 5.75 Å². The number of thioether (sulfide) groups is 1. The molecule has 20 heavy (non-hydrogen) atoms. The molecular weight excluding hydrogens is 296 g/mol. The largest absolute Gasteiger partial charge is 0.325 e. The van der Waals surface area contributed by atoms with Crippen LogP contribution in [0.4, 0.5) is 5.69 Å². The van der Waals surface area contributed by atoms with E-state index in [9.17, 15) is 4.79 Å². The molecule has 0 spiro atoms. The maximum Gasteiger partial charge on any atom is 0.234 e. The molecule has 0 saturated carbocycles. The number of hydrogen-bond donors (Lipinski definition) is 1. The molecule has 0 bridgehead atoms. The molecule has 1 aliphatic heterocycles. The molecule has 2 aromatic rings. The molecule has 1 aromatic heterocycles. The lowest BCUT2D eigenvalue weighted by molar-refractivity contribution is -0.113. The number of benzene rings is 1. The second-order valence-electron chi connectivity index (χ2n) is 4.48. The van der Waals surface area contributed by atoms with Crippen molar-refractivity contribution in [3.05, 3.63) is 35.1 Å². The minimum Gasteiger partial charge on any atom is -0.325 e. The van der Waals surface area contributed by atoms with E-state index >= 15 is 0 Å². The van der Waals surface area contributed by atoms with Gasteiger partial charge in [-0.3, -0.25) is 4.79 Å². The average molecular weight is 309 g/mol. The van der Waals surface area contributed by atoms with E-state index in [2.05, 4.69) is 15.4 Å². The number of aromatic nitrogens is 3. The monoisotopic (exact) mass is 308 g/mol. The zero-order valence-corrected chi connectivity index (χ0v) is 12.2. The van der Waals surface area contributed by atoms with Crippen molar-refractivity contribution in [2.45, 2.75) is 24.5 Å². The predicted octanol–water partition coefficient (Wildman–Crippen LogP) is 2.61. The summed E-state index contributed by atoms with van der Waals surface area (Å²) >= 11 is 7.14. The van der Waals surface area contributed by atoms with Crippen LogP contribution in [-0.4, -0.2) is 26.4 Å². The third-order valence-corrected chi connectivity index (χ3v) is 4.05. The molecule has 104 valence electrons. The van der Waals surface area contributed by atoms with Gasteiger partial charge in [-0.15, -0.1) is 5.10 Å². The predicted molar refractivity (Wildman–Crippen MR) is 79.1 cm³/mol. The van der Waals surface area contributed by atoms with Crippen LogP contribution < -0.4 is 5.32 Å². The van der Waals surface area contributed by atoms with Gasteiger partial charge in [-0.05, 0) is 30.7 Å². The first kappa shape index (κ1) is 13.5. The number of amides is 1. The zero-order chi connectivity index (χ0) is 13.9. The summed E-state index contributed by atoms with van der Waals surface area (Å²) in [5.41, 5.74) is 0.736. The lowest BCUT2D eigenvalue weighted by atomic mass is 10.3. The molecule has 0 saturated heterocycles. The first-order valence-electron chi connectivity index (χ1n) is 6.33. The third-order valence-electron chi connectivity index (χ3n) is 2.96. The summed E-state index contributed by atoms with van der Waals surface area (Å²) in [4.78, 5) is 16.2. The van der Waals surface area contributed by atoms with Crippen LogP contribution in [0.15, 0.2) is 29.4 Å². The molecule has 0 radical (unpaired) electrons. The number of hydrogen-bond acceptors (Lipinski definition) is 4. The molecule has 0 unspecified atom stereocenters. The van der Waals surface area contributed by atoms with E-state index in [1.165, 1.54) is 11.8 Å².